The Morgan fingerprint density at radius 2 is 1.77 bits per heavy atom. The molecule has 3 fully saturated rings. The Balaban J connectivity index is 1.60. The quantitative estimate of drug-likeness (QED) is 0.255. The van der Waals surface area contributed by atoms with Crippen molar-refractivity contribution < 1.29 is 14.6 Å². The highest BCUT2D eigenvalue weighted by atomic mass is 32.2. The van der Waals surface area contributed by atoms with Crippen LogP contribution in [-0.2, 0) is 4.43 Å². The first kappa shape index (κ1) is 31.9. The van der Waals surface area contributed by atoms with Crippen LogP contribution >= 0.6 is 11.8 Å². The molecular weight excluding hydrogens is 517 g/mol. The van der Waals surface area contributed by atoms with Gasteiger partial charge in [-0.1, -0.05) is 78.2 Å². The summed E-state index contributed by atoms with van der Waals surface area (Å²) in [6.07, 6.45) is 15.8. The SMILES string of the molecule is CCC(O)(CC)CCS[C@H](CO[Si](C)(C)C(C)(C)C)[C@H]1[C@@H](O)C[C@H]2C3=CC=C4CCCC[C@]4(C)[C@H]3CC[C@]12C. The standard InChI is InChI=1S/C34H60O3SSi/c1-10-34(36,11-2)20-21-38-29(23-37-39(8,9)31(3,4)5)30-28(35)22-27-25-16-15-24-14-12-13-18-32(24,6)26(25)17-19-33(27,30)7/h15-16,26-30,35-36H,10-14,17-23H2,1-9H3/t26-,27-,28-,29+,30+,32-,33-/m0/s1. The fraction of sp³-hybridized carbons (Fsp3) is 0.882. The van der Waals surface area contributed by atoms with E-state index in [4.69, 9.17) is 4.43 Å². The molecule has 0 bridgehead atoms. The summed E-state index contributed by atoms with van der Waals surface area (Å²) in [4.78, 5) is 0. The molecule has 5 heteroatoms. The van der Waals surface area contributed by atoms with Crippen LogP contribution in [0.15, 0.2) is 23.3 Å². The number of aliphatic hydroxyl groups excluding tert-OH is 1. The zero-order valence-corrected chi connectivity index (χ0v) is 28.6. The largest absolute Gasteiger partial charge is 0.416 e. The van der Waals surface area contributed by atoms with Crippen LogP contribution in [0.3, 0.4) is 0 Å². The average Bonchev–Trinajstić information content (AvgIpc) is 3.14. The van der Waals surface area contributed by atoms with Gasteiger partial charge in [-0.25, -0.2) is 0 Å². The Bertz CT molecular complexity index is 931. The summed E-state index contributed by atoms with van der Waals surface area (Å²) in [5.41, 5.74) is 3.19. The van der Waals surface area contributed by atoms with E-state index in [2.05, 4.69) is 73.7 Å². The number of hydrogen-bond donors (Lipinski definition) is 2. The van der Waals surface area contributed by atoms with Crippen LogP contribution in [0.1, 0.15) is 113 Å². The van der Waals surface area contributed by atoms with Gasteiger partial charge in [-0.05, 0) is 104 Å². The van der Waals surface area contributed by atoms with Crippen LogP contribution in [-0.4, -0.2) is 47.8 Å². The molecule has 0 aromatic heterocycles. The van der Waals surface area contributed by atoms with Crippen molar-refractivity contribution in [1.29, 1.82) is 0 Å². The molecule has 3 saturated carbocycles. The third-order valence-electron chi connectivity index (χ3n) is 12.6. The Morgan fingerprint density at radius 1 is 1.08 bits per heavy atom. The highest BCUT2D eigenvalue weighted by molar-refractivity contribution is 7.99. The molecule has 2 N–H and O–H groups in total. The number of allylic oxidation sites excluding steroid dienone is 4. The van der Waals surface area contributed by atoms with E-state index in [9.17, 15) is 10.2 Å². The molecule has 0 heterocycles. The third-order valence-corrected chi connectivity index (χ3v) is 18.4. The minimum Gasteiger partial charge on any atom is -0.416 e. The van der Waals surface area contributed by atoms with Gasteiger partial charge in [-0.15, -0.1) is 0 Å². The van der Waals surface area contributed by atoms with Crippen molar-refractivity contribution in [2.45, 2.75) is 148 Å². The van der Waals surface area contributed by atoms with Gasteiger partial charge in [0.2, 0.25) is 0 Å². The van der Waals surface area contributed by atoms with Gasteiger partial charge in [-0.2, -0.15) is 11.8 Å². The maximum atomic E-state index is 11.8. The molecule has 3 nitrogen and oxygen atoms in total. The first-order chi connectivity index (χ1) is 18.1. The molecule has 4 aliphatic rings. The molecule has 39 heavy (non-hydrogen) atoms. The number of hydrogen-bond acceptors (Lipinski definition) is 4. The van der Waals surface area contributed by atoms with Gasteiger partial charge in [-0.3, -0.25) is 0 Å². The predicted octanol–water partition coefficient (Wildman–Crippen LogP) is 8.91. The number of rotatable bonds is 10. The second-order valence-electron chi connectivity index (χ2n) is 15.6. The molecule has 0 spiro atoms. The molecule has 0 radical (unpaired) electrons. The van der Waals surface area contributed by atoms with Crippen LogP contribution in [0.4, 0.5) is 0 Å². The second kappa shape index (κ2) is 11.5. The third kappa shape index (κ3) is 5.92. The van der Waals surface area contributed by atoms with Crippen LogP contribution in [0.25, 0.3) is 0 Å². The highest BCUT2D eigenvalue weighted by Crippen LogP contribution is 2.66. The summed E-state index contributed by atoms with van der Waals surface area (Å²) >= 11 is 1.98. The lowest BCUT2D eigenvalue weighted by atomic mass is 9.50. The average molecular weight is 577 g/mol. The number of thioether (sulfide) groups is 1. The monoisotopic (exact) mass is 576 g/mol. The van der Waals surface area contributed by atoms with E-state index in [-0.39, 0.29) is 27.7 Å². The van der Waals surface area contributed by atoms with E-state index < -0.39 is 13.9 Å². The summed E-state index contributed by atoms with van der Waals surface area (Å²) in [6.45, 7) is 21.6. The Morgan fingerprint density at radius 3 is 2.41 bits per heavy atom. The molecule has 0 amide bonds. The van der Waals surface area contributed by atoms with E-state index >= 15 is 0 Å². The molecule has 7 atom stereocenters. The smallest absolute Gasteiger partial charge is 0.192 e. The van der Waals surface area contributed by atoms with Gasteiger partial charge in [0.05, 0.1) is 11.7 Å². The van der Waals surface area contributed by atoms with Crippen LogP contribution in [0, 0.1) is 28.6 Å². The molecule has 4 rings (SSSR count). The highest BCUT2D eigenvalue weighted by Gasteiger charge is 2.60. The van der Waals surface area contributed by atoms with Gasteiger partial charge in [0, 0.05) is 17.8 Å². The Kier molecular flexibility index (Phi) is 9.43. The van der Waals surface area contributed by atoms with Crippen molar-refractivity contribution in [3.63, 3.8) is 0 Å². The van der Waals surface area contributed by atoms with Crippen molar-refractivity contribution in [2.75, 3.05) is 12.4 Å². The fourth-order valence-corrected chi connectivity index (χ4v) is 11.3. The maximum Gasteiger partial charge on any atom is 0.192 e. The molecule has 0 aliphatic heterocycles. The predicted molar refractivity (Wildman–Crippen MR) is 171 cm³/mol. The van der Waals surface area contributed by atoms with E-state index in [1.807, 2.05) is 11.8 Å². The summed E-state index contributed by atoms with van der Waals surface area (Å²) in [6, 6.07) is 0. The minimum absolute atomic E-state index is 0.0956. The Hall–Kier alpha value is -0.0731. The second-order valence-corrected chi connectivity index (χ2v) is 21.8. The molecule has 0 unspecified atom stereocenters. The molecule has 224 valence electrons. The van der Waals surface area contributed by atoms with Crippen molar-refractivity contribution in [3.05, 3.63) is 23.3 Å². The lowest BCUT2D eigenvalue weighted by Gasteiger charge is -2.55. The van der Waals surface area contributed by atoms with E-state index in [1.54, 1.807) is 11.1 Å². The summed E-state index contributed by atoms with van der Waals surface area (Å²) in [7, 11) is -1.92. The first-order valence-corrected chi connectivity index (χ1v) is 20.1. The lowest BCUT2D eigenvalue weighted by Crippen LogP contribution is -2.49. The fourth-order valence-electron chi connectivity index (χ4n) is 8.53. The van der Waals surface area contributed by atoms with Crippen LogP contribution < -0.4 is 0 Å². The summed E-state index contributed by atoms with van der Waals surface area (Å²) in [5.74, 6) is 2.26. The van der Waals surface area contributed by atoms with Gasteiger partial charge < -0.3 is 14.6 Å². The molecule has 0 saturated heterocycles. The van der Waals surface area contributed by atoms with Gasteiger partial charge in [0.15, 0.2) is 8.32 Å². The summed E-state index contributed by atoms with van der Waals surface area (Å²) < 4.78 is 6.89. The lowest BCUT2D eigenvalue weighted by molar-refractivity contribution is 0.0286. The minimum atomic E-state index is -1.92. The van der Waals surface area contributed by atoms with Gasteiger partial charge >= 0.3 is 0 Å². The van der Waals surface area contributed by atoms with Gasteiger partial charge in [0.1, 0.15) is 0 Å². The van der Waals surface area contributed by atoms with Crippen molar-refractivity contribution in [3.8, 4) is 0 Å². The molecule has 4 aliphatic carbocycles. The molecule has 0 aromatic rings. The normalized spacial score (nSPS) is 36.0. The van der Waals surface area contributed by atoms with E-state index in [1.165, 1.54) is 38.5 Å². The van der Waals surface area contributed by atoms with Crippen molar-refractivity contribution in [1.82, 2.24) is 0 Å². The maximum absolute atomic E-state index is 11.8. The van der Waals surface area contributed by atoms with E-state index in [0.717, 1.165) is 31.4 Å². The van der Waals surface area contributed by atoms with Crippen molar-refractivity contribution in [2.24, 2.45) is 28.6 Å². The van der Waals surface area contributed by atoms with E-state index in [0.29, 0.717) is 23.9 Å². The van der Waals surface area contributed by atoms with Crippen LogP contribution in [0.2, 0.25) is 18.1 Å². The zero-order chi connectivity index (χ0) is 28.9. The summed E-state index contributed by atoms with van der Waals surface area (Å²) in [5, 5.41) is 23.3. The molecular formula is C34H60O3SSi. The Labute approximate surface area is 246 Å². The van der Waals surface area contributed by atoms with Crippen LogP contribution in [0.5, 0.6) is 0 Å². The molecule has 0 aromatic carbocycles. The number of aliphatic hydroxyl groups is 2. The number of fused-ring (bicyclic) bond motifs is 5. The van der Waals surface area contributed by atoms with Gasteiger partial charge in [0.25, 0.3) is 0 Å². The van der Waals surface area contributed by atoms with Crippen molar-refractivity contribution >= 4 is 20.1 Å². The zero-order valence-electron chi connectivity index (χ0n) is 26.7. The topological polar surface area (TPSA) is 49.7 Å². The first-order valence-electron chi connectivity index (χ1n) is 16.2.